The van der Waals surface area contributed by atoms with Crippen molar-refractivity contribution in [1.82, 2.24) is 0 Å². The fourth-order valence-corrected chi connectivity index (χ4v) is 7.48. The molecule has 1 heterocycles. The molecule has 0 atom stereocenters. The molecule has 2 nitrogen and oxygen atoms in total. The van der Waals surface area contributed by atoms with Crippen LogP contribution in [0.15, 0.2) is 103 Å². The van der Waals surface area contributed by atoms with Crippen molar-refractivity contribution in [3.8, 4) is 0 Å². The van der Waals surface area contributed by atoms with Crippen LogP contribution in [0, 0.1) is 0 Å². The highest BCUT2D eigenvalue weighted by molar-refractivity contribution is 7.98. The van der Waals surface area contributed by atoms with E-state index in [0.29, 0.717) is 6.42 Å². The molecule has 0 radical (unpaired) electrons. The van der Waals surface area contributed by atoms with Gasteiger partial charge in [-0.2, -0.15) is 0 Å². The van der Waals surface area contributed by atoms with Gasteiger partial charge in [0, 0.05) is 6.08 Å². The fourth-order valence-electron chi connectivity index (χ4n) is 3.36. The molecule has 0 saturated heterocycles. The lowest BCUT2D eigenvalue weighted by Gasteiger charge is -2.26. The Hall–Kier alpha value is -2.70. The van der Waals surface area contributed by atoms with Crippen LogP contribution in [0.5, 0.6) is 0 Å². The highest BCUT2D eigenvalue weighted by Gasteiger charge is 2.53. The van der Waals surface area contributed by atoms with Crippen molar-refractivity contribution in [2.45, 2.75) is 6.42 Å². The molecule has 3 aromatic rings. The zero-order valence-electron chi connectivity index (χ0n) is 13.7. The number of benzene rings is 3. The summed E-state index contributed by atoms with van der Waals surface area (Å²) in [6.45, 7) is 0. The van der Waals surface area contributed by atoms with Crippen molar-refractivity contribution in [3.05, 3.63) is 103 Å². The molecule has 0 fully saturated rings. The lowest BCUT2D eigenvalue weighted by Crippen LogP contribution is -2.32. The van der Waals surface area contributed by atoms with Crippen LogP contribution in [0.3, 0.4) is 0 Å². The first kappa shape index (κ1) is 15.8. The van der Waals surface area contributed by atoms with E-state index in [9.17, 15) is 4.79 Å². The number of carbonyl (C=O) groups is 1. The topological polar surface area (TPSA) is 26.3 Å². The second-order valence-corrected chi connectivity index (χ2v) is 9.23. The third-order valence-corrected chi connectivity index (χ3v) is 8.58. The monoisotopic (exact) mass is 345 g/mol. The Morgan fingerprint density at radius 2 is 1.04 bits per heavy atom. The zero-order valence-corrected chi connectivity index (χ0v) is 14.6. The lowest BCUT2D eigenvalue weighted by atomic mass is 10.4. The molecule has 0 bridgehead atoms. The third-order valence-electron chi connectivity index (χ3n) is 4.42. The molecular weight excluding hydrogens is 327 g/mol. The minimum atomic E-state index is -2.22. The van der Waals surface area contributed by atoms with Crippen molar-refractivity contribution >= 4 is 29.1 Å². The van der Waals surface area contributed by atoms with Crippen molar-refractivity contribution in [1.29, 1.82) is 0 Å². The van der Waals surface area contributed by atoms with Crippen molar-refractivity contribution in [3.63, 3.8) is 0 Å². The highest BCUT2D eigenvalue weighted by atomic mass is 31.2. The second-order valence-electron chi connectivity index (χ2n) is 5.90. The molecule has 0 aliphatic carbocycles. The van der Waals surface area contributed by atoms with Gasteiger partial charge < -0.3 is 4.74 Å². The van der Waals surface area contributed by atoms with E-state index >= 15 is 0 Å². The molecular formula is C22H18O2P+. The summed E-state index contributed by atoms with van der Waals surface area (Å²) >= 11 is 0. The maximum Gasteiger partial charge on any atom is 0.317 e. The van der Waals surface area contributed by atoms with Crippen molar-refractivity contribution in [2.24, 2.45) is 0 Å². The number of cyclic esters (lactones) is 1. The van der Waals surface area contributed by atoms with Crippen LogP contribution >= 0.6 is 7.26 Å². The normalized spacial score (nSPS) is 14.1. The number of carbonyl (C=O) groups excluding carboxylic acids is 1. The van der Waals surface area contributed by atoms with Gasteiger partial charge in [-0.15, -0.1) is 0 Å². The maximum absolute atomic E-state index is 11.9. The Bertz CT molecular complexity index is 806. The van der Waals surface area contributed by atoms with E-state index in [0.717, 1.165) is 5.50 Å². The van der Waals surface area contributed by atoms with Crippen LogP contribution in [0.1, 0.15) is 6.42 Å². The molecule has 0 amide bonds. The molecule has 3 heteroatoms. The van der Waals surface area contributed by atoms with Gasteiger partial charge in [-0.1, -0.05) is 54.6 Å². The predicted molar refractivity (Wildman–Crippen MR) is 104 cm³/mol. The predicted octanol–water partition coefficient (Wildman–Crippen LogP) is 3.77. The van der Waals surface area contributed by atoms with E-state index in [1.165, 1.54) is 15.9 Å². The molecule has 0 aromatic heterocycles. The first-order valence-electron chi connectivity index (χ1n) is 8.29. The Labute approximate surface area is 148 Å². The Kier molecular flexibility index (Phi) is 4.21. The smallest absolute Gasteiger partial charge is 0.317 e. The van der Waals surface area contributed by atoms with Crippen molar-refractivity contribution in [2.75, 3.05) is 0 Å². The highest BCUT2D eigenvalue weighted by Crippen LogP contribution is 2.63. The van der Waals surface area contributed by atoms with Crippen LogP contribution in [0.4, 0.5) is 0 Å². The quantitative estimate of drug-likeness (QED) is 0.531. The van der Waals surface area contributed by atoms with Crippen LogP contribution in [-0.4, -0.2) is 5.97 Å². The Morgan fingerprint density at radius 1 is 0.640 bits per heavy atom. The average Bonchev–Trinajstić information content (AvgIpc) is 3.12. The molecule has 0 spiro atoms. The summed E-state index contributed by atoms with van der Waals surface area (Å²) in [6.07, 6.45) is 2.30. The molecule has 4 rings (SSSR count). The van der Waals surface area contributed by atoms with Gasteiger partial charge in [0.15, 0.2) is 7.26 Å². The largest absolute Gasteiger partial charge is 0.393 e. The molecule has 122 valence electrons. The summed E-state index contributed by atoms with van der Waals surface area (Å²) in [4.78, 5) is 11.9. The maximum atomic E-state index is 11.9. The summed E-state index contributed by atoms with van der Waals surface area (Å²) < 4.78 is 5.76. The van der Waals surface area contributed by atoms with Crippen LogP contribution in [0.25, 0.3) is 0 Å². The van der Waals surface area contributed by atoms with E-state index in [4.69, 9.17) is 4.74 Å². The molecule has 0 N–H and O–H groups in total. The molecule has 1 aliphatic heterocycles. The zero-order chi connectivity index (χ0) is 17.1. The van der Waals surface area contributed by atoms with Gasteiger partial charge in [-0.25, -0.2) is 0 Å². The summed E-state index contributed by atoms with van der Waals surface area (Å²) in [6, 6.07) is 31.2. The van der Waals surface area contributed by atoms with Gasteiger partial charge in [0.25, 0.3) is 5.50 Å². The molecule has 25 heavy (non-hydrogen) atoms. The van der Waals surface area contributed by atoms with E-state index in [1.807, 2.05) is 60.7 Å². The van der Waals surface area contributed by atoms with E-state index in [2.05, 4.69) is 36.4 Å². The van der Waals surface area contributed by atoms with Crippen LogP contribution in [0.2, 0.25) is 0 Å². The van der Waals surface area contributed by atoms with Gasteiger partial charge >= 0.3 is 5.97 Å². The van der Waals surface area contributed by atoms with Gasteiger partial charge in [0.1, 0.15) is 15.9 Å². The minimum absolute atomic E-state index is 0.179. The summed E-state index contributed by atoms with van der Waals surface area (Å²) in [5.74, 6) is -0.179. The van der Waals surface area contributed by atoms with E-state index < -0.39 is 7.26 Å². The Balaban J connectivity index is 2.07. The SMILES string of the molecule is O=C1CC=C([P+](c2ccccc2)(c2ccccc2)c2ccccc2)O1. The second kappa shape index (κ2) is 6.66. The van der Waals surface area contributed by atoms with Gasteiger partial charge in [0.2, 0.25) is 0 Å². The van der Waals surface area contributed by atoms with Gasteiger partial charge in [-0.3, -0.25) is 4.79 Å². The minimum Gasteiger partial charge on any atom is -0.393 e. The van der Waals surface area contributed by atoms with E-state index in [-0.39, 0.29) is 5.97 Å². The Morgan fingerprint density at radius 3 is 1.36 bits per heavy atom. The lowest BCUT2D eigenvalue weighted by molar-refractivity contribution is -0.135. The van der Waals surface area contributed by atoms with Gasteiger partial charge in [0.05, 0.1) is 6.42 Å². The fraction of sp³-hybridized carbons (Fsp3) is 0.0455. The van der Waals surface area contributed by atoms with Crippen LogP contribution in [-0.2, 0) is 9.53 Å². The molecule has 0 saturated carbocycles. The summed E-state index contributed by atoms with van der Waals surface area (Å²) in [7, 11) is -2.22. The number of hydrogen-bond donors (Lipinski definition) is 0. The molecule has 0 unspecified atom stereocenters. The van der Waals surface area contributed by atoms with Crippen molar-refractivity contribution < 1.29 is 9.53 Å². The number of hydrogen-bond acceptors (Lipinski definition) is 2. The number of rotatable bonds is 4. The molecule has 3 aromatic carbocycles. The van der Waals surface area contributed by atoms with Crippen LogP contribution < -0.4 is 15.9 Å². The summed E-state index contributed by atoms with van der Waals surface area (Å²) in [5.41, 5.74) is 0.793. The first-order chi connectivity index (χ1) is 12.3. The standard InChI is InChI=1S/C22H18O2P/c23-21-16-17-22(24-21)25(18-10-4-1-5-11-18,19-12-6-2-7-13-19)20-14-8-3-9-15-20/h1-15,17H,16H2/q+1. The molecule has 1 aliphatic rings. The van der Waals surface area contributed by atoms with E-state index in [1.54, 1.807) is 0 Å². The average molecular weight is 345 g/mol. The first-order valence-corrected chi connectivity index (χ1v) is 10.1. The number of esters is 1. The summed E-state index contributed by atoms with van der Waals surface area (Å²) in [5, 5.41) is 3.56. The van der Waals surface area contributed by atoms with Gasteiger partial charge in [-0.05, 0) is 36.4 Å². The number of ether oxygens (including phenoxy) is 1. The third kappa shape index (κ3) is 2.69.